The maximum absolute atomic E-state index is 11.4. The van der Waals surface area contributed by atoms with Crippen LogP contribution < -0.4 is 4.72 Å². The van der Waals surface area contributed by atoms with Crippen LogP contribution in [-0.2, 0) is 10.0 Å². The van der Waals surface area contributed by atoms with Crippen molar-refractivity contribution in [2.45, 2.75) is 32.1 Å². The van der Waals surface area contributed by atoms with Crippen molar-refractivity contribution in [3.05, 3.63) is 0 Å². The van der Waals surface area contributed by atoms with Gasteiger partial charge >= 0.3 is 0 Å². The molecule has 2 atom stereocenters. The highest BCUT2D eigenvalue weighted by atomic mass is 32.2. The predicted molar refractivity (Wildman–Crippen MR) is 52.8 cm³/mol. The van der Waals surface area contributed by atoms with Gasteiger partial charge in [-0.1, -0.05) is 13.8 Å². The molecule has 0 radical (unpaired) electrons. The van der Waals surface area contributed by atoms with E-state index in [9.17, 15) is 8.42 Å². The van der Waals surface area contributed by atoms with E-state index >= 15 is 0 Å². The van der Waals surface area contributed by atoms with E-state index in [-0.39, 0.29) is 12.5 Å². The summed E-state index contributed by atoms with van der Waals surface area (Å²) in [6.45, 7) is 4.62. The van der Waals surface area contributed by atoms with Crippen molar-refractivity contribution in [2.24, 2.45) is 5.92 Å². The lowest BCUT2D eigenvalue weighted by molar-refractivity contribution is 0.227. The average molecular weight is 220 g/mol. The molecule has 5 nitrogen and oxygen atoms in total. The number of rotatable bonds is 5. The Kier molecular flexibility index (Phi) is 5.05. The minimum Gasteiger partial charge on any atom is -0.395 e. The highest BCUT2D eigenvalue weighted by molar-refractivity contribution is 7.90. The van der Waals surface area contributed by atoms with Crippen molar-refractivity contribution in [2.75, 3.05) is 6.61 Å². The van der Waals surface area contributed by atoms with Crippen LogP contribution in [-0.4, -0.2) is 31.4 Å². The molecule has 0 heterocycles. The smallest absolute Gasteiger partial charge is 0.228 e. The summed E-state index contributed by atoms with van der Waals surface area (Å²) in [6, 6.07) is 1.11. The summed E-state index contributed by atoms with van der Waals surface area (Å²) < 4.78 is 25.1. The molecule has 0 aliphatic rings. The van der Waals surface area contributed by atoms with Crippen LogP contribution in [0.2, 0.25) is 0 Å². The minimum absolute atomic E-state index is 0.0133. The van der Waals surface area contributed by atoms with Crippen molar-refractivity contribution in [3.63, 3.8) is 0 Å². The van der Waals surface area contributed by atoms with Crippen molar-refractivity contribution < 1.29 is 13.5 Å². The molecule has 0 aliphatic carbocycles. The zero-order valence-electron chi connectivity index (χ0n) is 8.56. The molecule has 0 fully saturated rings. The number of sulfonamides is 1. The number of nitrogens with zero attached hydrogens (tertiary/aromatic N) is 1. The summed E-state index contributed by atoms with van der Waals surface area (Å²) in [6.07, 6.45) is 0. The second-order valence-electron chi connectivity index (χ2n) is 3.47. The SMILES string of the molecule is CC(C)C(CO)NS(=O)(=O)C(C)C#N. The standard InChI is InChI=1S/C8H16N2O3S/c1-6(2)8(5-11)10-14(12,13)7(3)4-9/h6-8,10-11H,5H2,1-3H3. The monoisotopic (exact) mass is 220 g/mol. The van der Waals surface area contributed by atoms with Crippen LogP contribution in [0.15, 0.2) is 0 Å². The largest absolute Gasteiger partial charge is 0.395 e. The van der Waals surface area contributed by atoms with Gasteiger partial charge in [-0.3, -0.25) is 0 Å². The number of hydrogen-bond acceptors (Lipinski definition) is 4. The molecule has 0 aromatic carbocycles. The number of hydrogen-bond donors (Lipinski definition) is 2. The molecule has 2 unspecified atom stereocenters. The van der Waals surface area contributed by atoms with Gasteiger partial charge < -0.3 is 5.11 Å². The summed E-state index contributed by atoms with van der Waals surface area (Å²) in [5.41, 5.74) is 0. The second kappa shape index (κ2) is 5.29. The fourth-order valence-corrected chi connectivity index (χ4v) is 1.88. The van der Waals surface area contributed by atoms with E-state index in [4.69, 9.17) is 10.4 Å². The molecule has 14 heavy (non-hydrogen) atoms. The molecule has 0 aliphatic heterocycles. The van der Waals surface area contributed by atoms with Crippen LogP contribution >= 0.6 is 0 Å². The van der Waals surface area contributed by atoms with E-state index in [1.165, 1.54) is 6.92 Å². The van der Waals surface area contributed by atoms with Crippen LogP contribution in [0.25, 0.3) is 0 Å². The Hall–Kier alpha value is -0.640. The maximum Gasteiger partial charge on any atom is 0.228 e. The van der Waals surface area contributed by atoms with Gasteiger partial charge in [-0.2, -0.15) is 5.26 Å². The van der Waals surface area contributed by atoms with Crippen LogP contribution in [0, 0.1) is 17.2 Å². The van der Waals surface area contributed by atoms with E-state index in [1.54, 1.807) is 19.9 Å². The Bertz CT molecular complexity index is 305. The van der Waals surface area contributed by atoms with Gasteiger partial charge in [0.2, 0.25) is 10.0 Å². The molecule has 0 spiro atoms. The van der Waals surface area contributed by atoms with Gasteiger partial charge in [0.05, 0.1) is 12.7 Å². The van der Waals surface area contributed by atoms with Crippen molar-refractivity contribution >= 4 is 10.0 Å². The normalized spacial score (nSPS) is 16.3. The third-order valence-electron chi connectivity index (χ3n) is 1.96. The van der Waals surface area contributed by atoms with Crippen LogP contribution in [0.3, 0.4) is 0 Å². The molecular weight excluding hydrogens is 204 g/mol. The lowest BCUT2D eigenvalue weighted by Crippen LogP contribution is -2.44. The first kappa shape index (κ1) is 13.4. The fourth-order valence-electron chi connectivity index (χ4n) is 0.767. The topological polar surface area (TPSA) is 90.2 Å². The van der Waals surface area contributed by atoms with Crippen molar-refractivity contribution in [1.29, 1.82) is 5.26 Å². The molecule has 0 aromatic rings. The first-order chi connectivity index (χ1) is 6.35. The molecule has 0 amide bonds. The number of nitrogens with one attached hydrogen (secondary N) is 1. The molecule has 0 saturated carbocycles. The third kappa shape index (κ3) is 3.62. The van der Waals surface area contributed by atoms with E-state index in [1.807, 2.05) is 0 Å². The highest BCUT2D eigenvalue weighted by Gasteiger charge is 2.25. The number of aliphatic hydroxyl groups is 1. The third-order valence-corrected chi connectivity index (χ3v) is 3.63. The van der Waals surface area contributed by atoms with Crippen LogP contribution in [0.1, 0.15) is 20.8 Å². The van der Waals surface area contributed by atoms with Gasteiger partial charge in [0.15, 0.2) is 5.25 Å². The van der Waals surface area contributed by atoms with Crippen LogP contribution in [0.5, 0.6) is 0 Å². The molecular formula is C8H16N2O3S. The molecule has 0 aromatic heterocycles. The number of aliphatic hydroxyl groups excluding tert-OH is 1. The Morgan fingerprint density at radius 1 is 1.43 bits per heavy atom. The first-order valence-corrected chi connectivity index (χ1v) is 5.91. The lowest BCUT2D eigenvalue weighted by Gasteiger charge is -2.20. The Balaban J connectivity index is 4.59. The molecule has 82 valence electrons. The second-order valence-corrected chi connectivity index (χ2v) is 5.50. The van der Waals surface area contributed by atoms with Crippen molar-refractivity contribution in [3.8, 4) is 6.07 Å². The van der Waals surface area contributed by atoms with E-state index < -0.39 is 21.3 Å². The zero-order chi connectivity index (χ0) is 11.4. The maximum atomic E-state index is 11.4. The lowest BCUT2D eigenvalue weighted by atomic mass is 10.1. The van der Waals surface area contributed by atoms with E-state index in [2.05, 4.69) is 4.72 Å². The zero-order valence-corrected chi connectivity index (χ0v) is 9.37. The minimum atomic E-state index is -3.64. The fraction of sp³-hybridized carbons (Fsp3) is 0.875. The molecule has 6 heteroatoms. The quantitative estimate of drug-likeness (QED) is 0.673. The van der Waals surface area contributed by atoms with Crippen molar-refractivity contribution in [1.82, 2.24) is 4.72 Å². The molecule has 2 N–H and O–H groups in total. The van der Waals surface area contributed by atoms with E-state index in [0.29, 0.717) is 0 Å². The molecule has 0 rings (SSSR count). The summed E-state index contributed by atoms with van der Waals surface area (Å²) >= 11 is 0. The van der Waals surface area contributed by atoms with Gasteiger partial charge in [0, 0.05) is 6.04 Å². The summed E-state index contributed by atoms with van der Waals surface area (Å²) in [7, 11) is -3.64. The van der Waals surface area contributed by atoms with Gasteiger partial charge in [-0.15, -0.1) is 0 Å². The number of nitriles is 1. The Morgan fingerprint density at radius 3 is 2.21 bits per heavy atom. The Morgan fingerprint density at radius 2 is 1.93 bits per heavy atom. The summed E-state index contributed by atoms with van der Waals surface area (Å²) in [5, 5.41) is 16.3. The summed E-state index contributed by atoms with van der Waals surface area (Å²) in [4.78, 5) is 0. The molecule has 0 bridgehead atoms. The summed E-state index contributed by atoms with van der Waals surface area (Å²) in [5.74, 6) is -0.0133. The van der Waals surface area contributed by atoms with E-state index in [0.717, 1.165) is 0 Å². The first-order valence-electron chi connectivity index (χ1n) is 4.36. The van der Waals surface area contributed by atoms with Crippen LogP contribution in [0.4, 0.5) is 0 Å². The van der Waals surface area contributed by atoms with Gasteiger partial charge in [0.1, 0.15) is 0 Å². The average Bonchev–Trinajstić information content (AvgIpc) is 2.12. The Labute approximate surface area is 84.8 Å². The highest BCUT2D eigenvalue weighted by Crippen LogP contribution is 2.05. The van der Waals surface area contributed by atoms with Gasteiger partial charge in [0.25, 0.3) is 0 Å². The molecule has 0 saturated heterocycles. The predicted octanol–water partition coefficient (Wildman–Crippen LogP) is -0.165. The van der Waals surface area contributed by atoms with Gasteiger partial charge in [-0.05, 0) is 12.8 Å². The van der Waals surface area contributed by atoms with Gasteiger partial charge in [-0.25, -0.2) is 13.1 Å².